The molecule has 0 N–H and O–H groups in total. The Hall–Kier alpha value is -0.660. The molecule has 2 rings (SSSR count). The third kappa shape index (κ3) is 1.75. The van der Waals surface area contributed by atoms with Gasteiger partial charge in [0, 0.05) is 5.92 Å². The van der Waals surface area contributed by atoms with Crippen molar-refractivity contribution >= 4 is 12.1 Å². The molecular weight excluding hydrogens is 176 g/mol. The van der Waals surface area contributed by atoms with Crippen molar-refractivity contribution in [2.24, 2.45) is 17.8 Å². The van der Waals surface area contributed by atoms with E-state index in [1.807, 2.05) is 0 Å². The number of Topliss-reactive ketones (excluding diaryl/α,β-unsaturated/α-hetero) is 1. The molecule has 0 heterocycles. The smallest absolute Gasteiger partial charge is 0.146 e. The summed E-state index contributed by atoms with van der Waals surface area (Å²) in [6, 6.07) is 0. The van der Waals surface area contributed by atoms with Crippen LogP contribution in [0.3, 0.4) is 0 Å². The molecule has 2 aliphatic carbocycles. The van der Waals surface area contributed by atoms with E-state index in [0.29, 0.717) is 5.92 Å². The molecule has 0 bridgehead atoms. The minimum atomic E-state index is -0.261. The van der Waals surface area contributed by atoms with Crippen LogP contribution in [0.4, 0.5) is 0 Å². The van der Waals surface area contributed by atoms with Gasteiger partial charge in [-0.1, -0.05) is 19.3 Å². The van der Waals surface area contributed by atoms with Gasteiger partial charge in [0.25, 0.3) is 0 Å². The molecule has 2 heteroatoms. The van der Waals surface area contributed by atoms with Gasteiger partial charge in [0.05, 0.1) is 5.92 Å². The van der Waals surface area contributed by atoms with Crippen LogP contribution in [0.15, 0.2) is 0 Å². The molecule has 0 spiro atoms. The summed E-state index contributed by atoms with van der Waals surface area (Å²) >= 11 is 0. The van der Waals surface area contributed by atoms with Crippen LogP contribution in [0.25, 0.3) is 0 Å². The van der Waals surface area contributed by atoms with Crippen molar-refractivity contribution < 1.29 is 9.59 Å². The second-order valence-electron chi connectivity index (χ2n) is 4.74. The van der Waals surface area contributed by atoms with Gasteiger partial charge in [-0.25, -0.2) is 0 Å². The maximum absolute atomic E-state index is 11.9. The van der Waals surface area contributed by atoms with E-state index in [-0.39, 0.29) is 17.6 Å². The van der Waals surface area contributed by atoms with Crippen molar-refractivity contribution in [2.75, 3.05) is 0 Å². The van der Waals surface area contributed by atoms with E-state index >= 15 is 0 Å². The average Bonchev–Trinajstić information content (AvgIpc) is 2.55. The molecular formula is C12H18O2. The first-order valence-corrected chi connectivity index (χ1v) is 5.82. The van der Waals surface area contributed by atoms with Gasteiger partial charge in [-0.3, -0.25) is 4.79 Å². The van der Waals surface area contributed by atoms with Gasteiger partial charge in [-0.2, -0.15) is 0 Å². The Balaban J connectivity index is 1.96. The Kier molecular flexibility index (Phi) is 2.99. The van der Waals surface area contributed by atoms with E-state index in [0.717, 1.165) is 32.0 Å². The largest absolute Gasteiger partial charge is 0.303 e. The van der Waals surface area contributed by atoms with E-state index in [2.05, 4.69) is 0 Å². The predicted octanol–water partition coefficient (Wildman–Crippen LogP) is 2.36. The van der Waals surface area contributed by atoms with Gasteiger partial charge in [0.1, 0.15) is 12.1 Å². The zero-order chi connectivity index (χ0) is 9.97. The Labute approximate surface area is 85.1 Å². The lowest BCUT2D eigenvalue weighted by atomic mass is 9.74. The first kappa shape index (κ1) is 9.88. The molecule has 0 aromatic rings. The highest BCUT2D eigenvalue weighted by Crippen LogP contribution is 2.36. The first-order chi connectivity index (χ1) is 6.83. The van der Waals surface area contributed by atoms with Crippen LogP contribution in [-0.2, 0) is 9.59 Å². The summed E-state index contributed by atoms with van der Waals surface area (Å²) in [6.07, 6.45) is 8.71. The molecule has 0 aliphatic heterocycles. The lowest BCUT2D eigenvalue weighted by molar-refractivity contribution is -0.134. The van der Waals surface area contributed by atoms with E-state index in [9.17, 15) is 9.59 Å². The summed E-state index contributed by atoms with van der Waals surface area (Å²) in [5.41, 5.74) is 0. The van der Waals surface area contributed by atoms with Crippen LogP contribution in [0.2, 0.25) is 0 Å². The SMILES string of the molecule is O=CC(C(=O)C1CCC1)C1CCCC1. The van der Waals surface area contributed by atoms with Crippen LogP contribution in [-0.4, -0.2) is 12.1 Å². The standard InChI is InChI=1S/C12H18O2/c13-8-11(9-4-1-2-5-9)12(14)10-6-3-7-10/h8-11H,1-7H2. The third-order valence-electron chi connectivity index (χ3n) is 3.89. The quantitative estimate of drug-likeness (QED) is 0.508. The average molecular weight is 194 g/mol. The van der Waals surface area contributed by atoms with Crippen molar-refractivity contribution in [3.8, 4) is 0 Å². The summed E-state index contributed by atoms with van der Waals surface area (Å²) in [6.45, 7) is 0. The van der Waals surface area contributed by atoms with Gasteiger partial charge in [-0.15, -0.1) is 0 Å². The fourth-order valence-corrected chi connectivity index (χ4v) is 2.69. The second-order valence-corrected chi connectivity index (χ2v) is 4.74. The molecule has 2 nitrogen and oxygen atoms in total. The van der Waals surface area contributed by atoms with Crippen LogP contribution < -0.4 is 0 Å². The monoisotopic (exact) mass is 194 g/mol. The van der Waals surface area contributed by atoms with Crippen molar-refractivity contribution in [2.45, 2.75) is 44.9 Å². The number of hydrogen-bond donors (Lipinski definition) is 0. The van der Waals surface area contributed by atoms with Crippen LogP contribution in [0.1, 0.15) is 44.9 Å². The number of aldehydes is 1. The fraction of sp³-hybridized carbons (Fsp3) is 0.833. The van der Waals surface area contributed by atoms with Crippen molar-refractivity contribution in [1.29, 1.82) is 0 Å². The number of carbonyl (C=O) groups is 2. The molecule has 0 aromatic carbocycles. The molecule has 14 heavy (non-hydrogen) atoms. The third-order valence-corrected chi connectivity index (χ3v) is 3.89. The molecule has 1 unspecified atom stereocenters. The zero-order valence-corrected chi connectivity index (χ0v) is 8.58. The molecule has 2 fully saturated rings. The molecule has 0 radical (unpaired) electrons. The molecule has 0 saturated heterocycles. The highest BCUT2D eigenvalue weighted by Gasteiger charge is 2.36. The second kappa shape index (κ2) is 4.24. The maximum Gasteiger partial charge on any atom is 0.146 e. The van der Waals surface area contributed by atoms with E-state index < -0.39 is 0 Å². The summed E-state index contributed by atoms with van der Waals surface area (Å²) in [5, 5.41) is 0. The predicted molar refractivity (Wildman–Crippen MR) is 53.9 cm³/mol. The minimum absolute atomic E-state index is 0.228. The van der Waals surface area contributed by atoms with Crippen molar-refractivity contribution in [1.82, 2.24) is 0 Å². The Bertz CT molecular complexity index is 224. The van der Waals surface area contributed by atoms with Crippen molar-refractivity contribution in [3.05, 3.63) is 0 Å². The normalized spacial score (nSPS) is 25.7. The van der Waals surface area contributed by atoms with Gasteiger partial charge in [-0.05, 0) is 31.6 Å². The summed E-state index contributed by atoms with van der Waals surface area (Å²) in [4.78, 5) is 22.9. The zero-order valence-electron chi connectivity index (χ0n) is 8.58. The molecule has 2 aliphatic rings. The lowest BCUT2D eigenvalue weighted by Crippen LogP contribution is -2.33. The Morgan fingerprint density at radius 3 is 2.14 bits per heavy atom. The fourth-order valence-electron chi connectivity index (χ4n) is 2.69. The molecule has 1 atom stereocenters. The highest BCUT2D eigenvalue weighted by atomic mass is 16.1. The molecule has 2 saturated carbocycles. The Morgan fingerprint density at radius 1 is 1.07 bits per heavy atom. The van der Waals surface area contributed by atoms with Crippen LogP contribution in [0.5, 0.6) is 0 Å². The van der Waals surface area contributed by atoms with Gasteiger partial charge < -0.3 is 4.79 Å². The van der Waals surface area contributed by atoms with Crippen molar-refractivity contribution in [3.63, 3.8) is 0 Å². The first-order valence-electron chi connectivity index (χ1n) is 5.82. The van der Waals surface area contributed by atoms with Crippen LogP contribution >= 0.6 is 0 Å². The summed E-state index contributed by atoms with van der Waals surface area (Å²) in [5.74, 6) is 0.590. The molecule has 0 amide bonds. The highest BCUT2D eigenvalue weighted by molar-refractivity contribution is 5.95. The molecule has 0 aromatic heterocycles. The van der Waals surface area contributed by atoms with E-state index in [1.54, 1.807) is 0 Å². The number of carbonyl (C=O) groups excluding carboxylic acids is 2. The van der Waals surface area contributed by atoms with Gasteiger partial charge in [0.15, 0.2) is 0 Å². The summed E-state index contributed by atoms with van der Waals surface area (Å²) in [7, 11) is 0. The van der Waals surface area contributed by atoms with Crippen LogP contribution in [0, 0.1) is 17.8 Å². The number of ketones is 1. The lowest BCUT2D eigenvalue weighted by Gasteiger charge is -2.28. The van der Waals surface area contributed by atoms with E-state index in [4.69, 9.17) is 0 Å². The summed E-state index contributed by atoms with van der Waals surface area (Å²) < 4.78 is 0. The molecule has 78 valence electrons. The van der Waals surface area contributed by atoms with Gasteiger partial charge >= 0.3 is 0 Å². The Morgan fingerprint density at radius 2 is 1.71 bits per heavy atom. The number of rotatable bonds is 4. The minimum Gasteiger partial charge on any atom is -0.303 e. The van der Waals surface area contributed by atoms with Gasteiger partial charge in [0.2, 0.25) is 0 Å². The number of hydrogen-bond acceptors (Lipinski definition) is 2. The topological polar surface area (TPSA) is 34.1 Å². The van der Waals surface area contributed by atoms with E-state index in [1.165, 1.54) is 19.3 Å². The maximum atomic E-state index is 11.9.